The molecule has 0 aliphatic carbocycles. The van der Waals surface area contributed by atoms with Crippen LogP contribution in [0.3, 0.4) is 0 Å². The van der Waals surface area contributed by atoms with Crippen molar-refractivity contribution in [2.24, 2.45) is 0 Å². The largest absolute Gasteiger partial charge is 3.00 e. The molecular formula is C49H39N17O18Tb2. The SMILES string of the molecule is CC#N.CC#N.O=[N+]([O-])[O-].O=[N+]([O-])[O-].O=[N+]([O-])[O-].O=[N+]([O-])[O-].O=[N+]([O-])[O-].O=[N+]([O-])[O-].[Tb+3].[Tb+3].c1ccc(-c2cccc(-c3ccccn3)n2)nc1.c1ccc(-c2cccc(-c3ccccn3)n2)nc1.c1ccc(-c2cccc(-c3ccccn3)n2)nc1. The van der Waals surface area contributed by atoms with Crippen LogP contribution in [0.1, 0.15) is 13.8 Å². The van der Waals surface area contributed by atoms with Gasteiger partial charge in [-0.25, -0.2) is 15.0 Å². The number of aromatic nitrogens is 9. The molecule has 0 amide bonds. The van der Waals surface area contributed by atoms with E-state index in [0.29, 0.717) is 0 Å². The maximum absolute atomic E-state index is 8.25. The second-order valence-corrected chi connectivity index (χ2v) is 13.3. The zero-order valence-electron chi connectivity index (χ0n) is 43.7. The van der Waals surface area contributed by atoms with Crippen molar-refractivity contribution in [3.63, 3.8) is 0 Å². The number of nitrogens with zero attached hydrogens (tertiary/aromatic N) is 17. The van der Waals surface area contributed by atoms with E-state index in [2.05, 4.69) is 44.9 Å². The van der Waals surface area contributed by atoms with Gasteiger partial charge in [-0.1, -0.05) is 54.6 Å². The van der Waals surface area contributed by atoms with Crippen LogP contribution >= 0.6 is 0 Å². The fraction of sp³-hybridized carbons (Fsp3) is 0.0408. The number of rotatable bonds is 6. The van der Waals surface area contributed by atoms with E-state index in [1.807, 2.05) is 164 Å². The van der Waals surface area contributed by atoms with E-state index in [9.17, 15) is 0 Å². The van der Waals surface area contributed by atoms with Crippen molar-refractivity contribution in [2.75, 3.05) is 0 Å². The van der Waals surface area contributed by atoms with Crippen molar-refractivity contribution < 1.29 is 108 Å². The molecule has 9 rings (SSSR count). The van der Waals surface area contributed by atoms with Crippen LogP contribution in [0.2, 0.25) is 0 Å². The Hall–Kier alpha value is -10.9. The van der Waals surface area contributed by atoms with E-state index >= 15 is 0 Å². The third-order valence-electron chi connectivity index (χ3n) is 7.81. The first-order valence-corrected chi connectivity index (χ1v) is 21.9. The quantitative estimate of drug-likeness (QED) is 0.110. The van der Waals surface area contributed by atoms with Gasteiger partial charge in [0.2, 0.25) is 0 Å². The Labute approximate surface area is 545 Å². The minimum atomic E-state index is -1.75. The maximum atomic E-state index is 8.25. The van der Waals surface area contributed by atoms with Crippen molar-refractivity contribution in [1.29, 1.82) is 10.5 Å². The molecule has 35 nitrogen and oxygen atoms in total. The van der Waals surface area contributed by atoms with Gasteiger partial charge in [0.15, 0.2) is 0 Å². The van der Waals surface area contributed by atoms with Gasteiger partial charge in [0, 0.05) is 51.0 Å². The molecule has 37 heteroatoms. The molecule has 86 heavy (non-hydrogen) atoms. The van der Waals surface area contributed by atoms with E-state index in [0.717, 1.165) is 68.3 Å². The fourth-order valence-electron chi connectivity index (χ4n) is 5.25. The zero-order chi connectivity index (χ0) is 63.5. The van der Waals surface area contributed by atoms with Gasteiger partial charge in [-0.3, -0.25) is 29.9 Å². The minimum absolute atomic E-state index is 0. The van der Waals surface area contributed by atoms with Crippen LogP contribution in [0.25, 0.3) is 68.3 Å². The second kappa shape index (κ2) is 52.2. The summed E-state index contributed by atoms with van der Waals surface area (Å²) in [6.45, 7) is 2.86. The molecule has 0 saturated carbocycles. The first kappa shape index (κ1) is 81.6. The standard InChI is InChI=1S/3C15H11N3.2C2H3N.6NO3.2Tb/c3*1-3-10-16-12(6-1)14-8-5-9-15(18-14)13-7-2-4-11-17-13;2*1-2-3;6*2-1(3)4;;/h3*1-11H;2*1H3;;;;;;;;/q;;;;;6*-1;2*+3. The molecule has 0 saturated heterocycles. The summed E-state index contributed by atoms with van der Waals surface area (Å²) in [7, 11) is 0. The Kier molecular flexibility index (Phi) is 49.5. The Morgan fingerprint density at radius 2 is 0.360 bits per heavy atom. The summed E-state index contributed by atoms with van der Waals surface area (Å²) < 4.78 is 0. The minimum Gasteiger partial charge on any atom is -0.356 e. The summed E-state index contributed by atoms with van der Waals surface area (Å²) in [6, 6.07) is 55.9. The number of hydrogen-bond donors (Lipinski definition) is 0. The van der Waals surface area contributed by atoms with Crippen molar-refractivity contribution in [1.82, 2.24) is 44.9 Å². The van der Waals surface area contributed by atoms with E-state index in [1.165, 1.54) is 13.8 Å². The predicted molar refractivity (Wildman–Crippen MR) is 297 cm³/mol. The first-order valence-electron chi connectivity index (χ1n) is 21.9. The topological polar surface area (TPSA) is 561 Å². The zero-order valence-corrected chi connectivity index (χ0v) is 47.9. The van der Waals surface area contributed by atoms with Gasteiger partial charge in [-0.15, -0.1) is 0 Å². The maximum Gasteiger partial charge on any atom is 3.00 e. The molecule has 9 aromatic rings. The Morgan fingerprint density at radius 1 is 0.256 bits per heavy atom. The van der Waals surface area contributed by atoms with Crippen LogP contribution in [-0.2, 0) is 0 Å². The van der Waals surface area contributed by atoms with Gasteiger partial charge in [0.25, 0.3) is 0 Å². The average molecular weight is 1470 g/mol. The summed E-state index contributed by atoms with van der Waals surface area (Å²) in [6.07, 6.45) is 10.6. The third kappa shape index (κ3) is 45.8. The molecule has 0 unspecified atom stereocenters. The van der Waals surface area contributed by atoms with Crippen molar-refractivity contribution in [3.8, 4) is 80.5 Å². The molecule has 0 aromatic carbocycles. The van der Waals surface area contributed by atoms with E-state index < -0.39 is 30.5 Å². The van der Waals surface area contributed by atoms with Gasteiger partial charge in [0.1, 0.15) is 0 Å². The van der Waals surface area contributed by atoms with Crippen LogP contribution in [0, 0.1) is 192 Å². The number of hydrogen-bond acceptors (Lipinski definition) is 29. The van der Waals surface area contributed by atoms with Crippen LogP contribution in [0.4, 0.5) is 0 Å². The van der Waals surface area contributed by atoms with Gasteiger partial charge >= 0.3 is 77.2 Å². The van der Waals surface area contributed by atoms with Crippen molar-refractivity contribution in [3.05, 3.63) is 293 Å². The third-order valence-corrected chi connectivity index (χ3v) is 7.81. The Morgan fingerprint density at radius 3 is 0.453 bits per heavy atom. The predicted octanol–water partition coefficient (Wildman–Crippen LogP) is 9.24. The van der Waals surface area contributed by atoms with Crippen LogP contribution in [0.5, 0.6) is 0 Å². The van der Waals surface area contributed by atoms with Gasteiger partial charge in [-0.05, 0) is 109 Å². The van der Waals surface area contributed by atoms with Crippen LogP contribution in [0.15, 0.2) is 201 Å². The van der Waals surface area contributed by atoms with E-state index in [-0.39, 0.29) is 77.2 Å². The summed E-state index contributed by atoms with van der Waals surface area (Å²) >= 11 is 0. The van der Waals surface area contributed by atoms with Gasteiger partial charge < -0.3 is 91.9 Å². The molecule has 0 radical (unpaired) electrons. The molecule has 0 aliphatic heterocycles. The van der Waals surface area contributed by atoms with Gasteiger partial charge in [-0.2, -0.15) is 10.5 Å². The molecule has 0 spiro atoms. The van der Waals surface area contributed by atoms with Gasteiger partial charge in [0.05, 0.1) is 111 Å². The normalized spacial score (nSPS) is 8.28. The van der Waals surface area contributed by atoms with E-state index in [4.69, 9.17) is 102 Å². The van der Waals surface area contributed by atoms with Crippen LogP contribution < -0.4 is 0 Å². The first-order chi connectivity index (χ1) is 40.0. The smallest absolute Gasteiger partial charge is 0.356 e. The molecule has 9 heterocycles. The summed E-state index contributed by atoms with van der Waals surface area (Å²) in [5.41, 5.74) is 10.4. The van der Waals surface area contributed by atoms with Crippen molar-refractivity contribution in [2.45, 2.75) is 13.8 Å². The van der Waals surface area contributed by atoms with E-state index in [1.54, 1.807) is 49.3 Å². The molecule has 9 aromatic heterocycles. The molecule has 0 bridgehead atoms. The second-order valence-electron chi connectivity index (χ2n) is 13.3. The molecule has 0 N–H and O–H groups in total. The number of nitriles is 2. The monoisotopic (exact) mass is 1470 g/mol. The summed E-state index contributed by atoms with van der Waals surface area (Å²) in [4.78, 5) is 89.1. The Balaban J connectivity index is -0.000000472. The molecule has 0 atom stereocenters. The molecule has 446 valence electrons. The Bertz CT molecular complexity index is 2820. The summed E-state index contributed by atoms with van der Waals surface area (Å²) in [5.74, 6) is 0. The van der Waals surface area contributed by atoms with Crippen molar-refractivity contribution >= 4 is 0 Å². The number of pyridine rings is 9. The average Bonchev–Trinajstić information content (AvgIpc) is 3.32. The molecular weight excluding hydrogens is 1430 g/mol. The fourth-order valence-corrected chi connectivity index (χ4v) is 5.25. The van der Waals surface area contributed by atoms with Crippen LogP contribution in [-0.4, -0.2) is 75.4 Å². The summed E-state index contributed by atoms with van der Waals surface area (Å²) in [5, 5.41) is 103. The molecule has 0 fully saturated rings. The molecule has 0 aliphatic rings.